The number of nitriles is 1. The highest BCUT2D eigenvalue weighted by atomic mass is 35.5. The lowest BCUT2D eigenvalue weighted by Gasteiger charge is -2.09. The summed E-state index contributed by atoms with van der Waals surface area (Å²) >= 11 is 5.94. The van der Waals surface area contributed by atoms with Gasteiger partial charge in [-0.15, -0.1) is 11.6 Å². The van der Waals surface area contributed by atoms with Gasteiger partial charge < -0.3 is 0 Å². The van der Waals surface area contributed by atoms with Crippen molar-refractivity contribution >= 4 is 22.6 Å². The van der Waals surface area contributed by atoms with Crippen LogP contribution in [0.2, 0.25) is 0 Å². The molecular weight excluding hydrogens is 289 g/mol. The van der Waals surface area contributed by atoms with Crippen LogP contribution in [0.25, 0.3) is 16.7 Å². The summed E-state index contributed by atoms with van der Waals surface area (Å²) in [7, 11) is 0. The van der Waals surface area contributed by atoms with Gasteiger partial charge in [0.1, 0.15) is 23.2 Å². The summed E-state index contributed by atoms with van der Waals surface area (Å²) in [6.07, 6.45) is 0. The molecule has 0 aliphatic heterocycles. The Morgan fingerprint density at radius 1 is 1.33 bits per heavy atom. The van der Waals surface area contributed by atoms with E-state index in [1.807, 2.05) is 13.0 Å². The molecule has 3 nitrogen and oxygen atoms in total. The van der Waals surface area contributed by atoms with Crippen LogP contribution < -0.4 is 0 Å². The second kappa shape index (κ2) is 5.19. The van der Waals surface area contributed by atoms with Crippen molar-refractivity contribution in [2.24, 2.45) is 0 Å². The van der Waals surface area contributed by atoms with Crippen LogP contribution in [0.5, 0.6) is 0 Å². The number of rotatable bonds is 2. The molecule has 0 amide bonds. The quantitative estimate of drug-likeness (QED) is 0.669. The summed E-state index contributed by atoms with van der Waals surface area (Å²) in [6.45, 7) is 1.83. The monoisotopic (exact) mass is 299 g/mol. The summed E-state index contributed by atoms with van der Waals surface area (Å²) in [6, 6.07) is 12.3. The van der Waals surface area contributed by atoms with Crippen molar-refractivity contribution in [3.63, 3.8) is 0 Å². The summed E-state index contributed by atoms with van der Waals surface area (Å²) in [5, 5.41) is 9.16. The lowest BCUT2D eigenvalue weighted by atomic mass is 10.2. The Bertz CT molecular complexity index is 877. The highest BCUT2D eigenvalue weighted by Crippen LogP contribution is 2.26. The molecule has 0 saturated heterocycles. The van der Waals surface area contributed by atoms with Gasteiger partial charge in [-0.1, -0.05) is 12.1 Å². The standard InChI is InChI=1S/C16H11ClFN3/c1-10-5-6-13(12(18)7-10)21-14-4-2-3-11(9-19)16(14)20-15(21)8-17/h2-7H,8H2,1H3. The van der Waals surface area contributed by atoms with E-state index in [1.54, 1.807) is 28.8 Å². The Labute approximate surface area is 126 Å². The van der Waals surface area contributed by atoms with Crippen LogP contribution in [0.1, 0.15) is 17.0 Å². The third kappa shape index (κ3) is 2.16. The maximum Gasteiger partial charge on any atom is 0.147 e. The average Bonchev–Trinajstić information content (AvgIpc) is 2.85. The fraction of sp³-hybridized carbons (Fsp3) is 0.125. The first kappa shape index (κ1) is 13.6. The molecule has 0 aliphatic rings. The van der Waals surface area contributed by atoms with Crippen molar-refractivity contribution in [3.05, 3.63) is 59.2 Å². The van der Waals surface area contributed by atoms with E-state index in [1.165, 1.54) is 6.07 Å². The van der Waals surface area contributed by atoms with Gasteiger partial charge in [0.25, 0.3) is 0 Å². The second-order valence-corrected chi connectivity index (χ2v) is 5.00. The normalized spacial score (nSPS) is 10.8. The van der Waals surface area contributed by atoms with Crippen LogP contribution in [0.4, 0.5) is 4.39 Å². The van der Waals surface area contributed by atoms with Crippen LogP contribution in [0.15, 0.2) is 36.4 Å². The SMILES string of the molecule is Cc1ccc(-n2c(CCl)nc3c(C#N)cccc32)c(F)c1. The van der Waals surface area contributed by atoms with Crippen LogP contribution in [0.3, 0.4) is 0 Å². The minimum absolute atomic E-state index is 0.132. The van der Waals surface area contributed by atoms with Crippen molar-refractivity contribution in [1.82, 2.24) is 9.55 Å². The number of benzene rings is 2. The lowest BCUT2D eigenvalue weighted by Crippen LogP contribution is -2.02. The molecule has 0 unspecified atom stereocenters. The first-order valence-electron chi connectivity index (χ1n) is 6.38. The zero-order valence-electron chi connectivity index (χ0n) is 11.3. The lowest BCUT2D eigenvalue weighted by molar-refractivity contribution is 0.616. The first-order chi connectivity index (χ1) is 10.2. The van der Waals surface area contributed by atoms with E-state index < -0.39 is 0 Å². The summed E-state index contributed by atoms with van der Waals surface area (Å²) in [5.74, 6) is 0.299. The van der Waals surface area contributed by atoms with Gasteiger partial charge in [0.15, 0.2) is 0 Å². The van der Waals surface area contributed by atoms with Crippen LogP contribution in [-0.4, -0.2) is 9.55 Å². The topological polar surface area (TPSA) is 41.6 Å². The highest BCUT2D eigenvalue weighted by Gasteiger charge is 2.16. The minimum atomic E-state index is -0.344. The molecule has 0 saturated carbocycles. The number of imidazole rings is 1. The van der Waals surface area contributed by atoms with Gasteiger partial charge in [-0.3, -0.25) is 4.57 Å². The van der Waals surface area contributed by atoms with Gasteiger partial charge in [0.2, 0.25) is 0 Å². The summed E-state index contributed by atoms with van der Waals surface area (Å²) in [4.78, 5) is 4.38. The molecule has 2 aromatic carbocycles. The maximum atomic E-state index is 14.3. The van der Waals surface area contributed by atoms with E-state index in [4.69, 9.17) is 16.9 Å². The van der Waals surface area contributed by atoms with Crippen molar-refractivity contribution < 1.29 is 4.39 Å². The predicted octanol–water partition coefficient (Wildman–Crippen LogP) is 4.08. The van der Waals surface area contributed by atoms with E-state index in [9.17, 15) is 4.39 Å². The number of para-hydroxylation sites is 1. The molecule has 0 fully saturated rings. The fourth-order valence-electron chi connectivity index (χ4n) is 2.39. The van der Waals surface area contributed by atoms with Gasteiger partial charge in [0.05, 0.1) is 22.6 Å². The number of hydrogen-bond acceptors (Lipinski definition) is 2. The second-order valence-electron chi connectivity index (χ2n) is 4.74. The Morgan fingerprint density at radius 2 is 2.14 bits per heavy atom. The zero-order chi connectivity index (χ0) is 15.0. The number of aromatic nitrogens is 2. The molecule has 0 N–H and O–H groups in total. The van der Waals surface area contributed by atoms with E-state index in [-0.39, 0.29) is 11.7 Å². The molecule has 3 rings (SSSR count). The molecule has 0 atom stereocenters. The Kier molecular flexibility index (Phi) is 3.36. The third-order valence-corrected chi connectivity index (χ3v) is 3.58. The number of nitrogens with zero attached hydrogens (tertiary/aromatic N) is 3. The summed E-state index contributed by atoms with van der Waals surface area (Å²) < 4.78 is 15.9. The molecule has 1 aromatic heterocycles. The predicted molar refractivity (Wildman–Crippen MR) is 80.0 cm³/mol. The average molecular weight is 300 g/mol. The maximum absolute atomic E-state index is 14.3. The molecular formula is C16H11ClFN3. The number of alkyl halides is 1. The number of hydrogen-bond donors (Lipinski definition) is 0. The smallest absolute Gasteiger partial charge is 0.147 e. The number of aryl methyl sites for hydroxylation is 1. The molecule has 1 heterocycles. The van der Waals surface area contributed by atoms with E-state index in [0.717, 1.165) is 5.56 Å². The van der Waals surface area contributed by atoms with Gasteiger partial charge >= 0.3 is 0 Å². The van der Waals surface area contributed by atoms with Crippen LogP contribution in [0, 0.1) is 24.1 Å². The minimum Gasteiger partial charge on any atom is -0.292 e. The fourth-order valence-corrected chi connectivity index (χ4v) is 2.57. The molecule has 0 bridgehead atoms. The van der Waals surface area contributed by atoms with E-state index >= 15 is 0 Å². The highest BCUT2D eigenvalue weighted by molar-refractivity contribution is 6.17. The molecule has 5 heteroatoms. The molecule has 0 aliphatic carbocycles. The van der Waals surface area contributed by atoms with Gasteiger partial charge in [-0.05, 0) is 36.8 Å². The molecule has 104 valence electrons. The van der Waals surface area contributed by atoms with Gasteiger partial charge in [-0.2, -0.15) is 5.26 Å². The van der Waals surface area contributed by atoms with Gasteiger partial charge in [0, 0.05) is 0 Å². The van der Waals surface area contributed by atoms with Crippen LogP contribution in [-0.2, 0) is 5.88 Å². The van der Waals surface area contributed by atoms with Crippen LogP contribution >= 0.6 is 11.6 Å². The number of fused-ring (bicyclic) bond motifs is 1. The zero-order valence-corrected chi connectivity index (χ0v) is 12.0. The van der Waals surface area contributed by atoms with Gasteiger partial charge in [-0.25, -0.2) is 9.37 Å². The van der Waals surface area contributed by atoms with Crippen molar-refractivity contribution in [3.8, 4) is 11.8 Å². The Morgan fingerprint density at radius 3 is 2.81 bits per heavy atom. The summed E-state index contributed by atoms with van der Waals surface area (Å²) in [5.41, 5.74) is 2.88. The molecule has 0 spiro atoms. The van der Waals surface area contributed by atoms with Crippen molar-refractivity contribution in [2.75, 3.05) is 0 Å². The third-order valence-electron chi connectivity index (χ3n) is 3.34. The van der Waals surface area contributed by atoms with Crippen molar-refractivity contribution in [1.29, 1.82) is 5.26 Å². The Balaban J connectivity index is 2.39. The van der Waals surface area contributed by atoms with Crippen molar-refractivity contribution in [2.45, 2.75) is 12.8 Å². The molecule has 0 radical (unpaired) electrons. The number of halogens is 2. The molecule has 3 aromatic rings. The Hall–Kier alpha value is -2.38. The largest absolute Gasteiger partial charge is 0.292 e. The van der Waals surface area contributed by atoms with E-state index in [0.29, 0.717) is 28.1 Å². The molecule has 21 heavy (non-hydrogen) atoms. The van der Waals surface area contributed by atoms with E-state index in [2.05, 4.69) is 11.1 Å². The first-order valence-corrected chi connectivity index (χ1v) is 6.92.